The van der Waals surface area contributed by atoms with E-state index in [9.17, 15) is 9.59 Å². The van der Waals surface area contributed by atoms with Crippen molar-refractivity contribution in [3.05, 3.63) is 54.6 Å². The number of hydrogen-bond acceptors (Lipinski definition) is 6. The summed E-state index contributed by atoms with van der Waals surface area (Å²) in [6.45, 7) is 4.31. The number of amides is 3. The maximum Gasteiger partial charge on any atom is 0.327 e. The Hall–Kier alpha value is -3.10. The van der Waals surface area contributed by atoms with Gasteiger partial charge in [-0.25, -0.2) is 4.79 Å². The van der Waals surface area contributed by atoms with E-state index in [1.807, 2.05) is 42.5 Å². The zero-order chi connectivity index (χ0) is 23.7. The number of urea groups is 1. The van der Waals surface area contributed by atoms with Gasteiger partial charge in [0.15, 0.2) is 0 Å². The first-order valence-electron chi connectivity index (χ1n) is 12.3. The van der Waals surface area contributed by atoms with E-state index in [0.717, 1.165) is 56.0 Å². The summed E-state index contributed by atoms with van der Waals surface area (Å²) in [6, 6.07) is 17.2. The van der Waals surface area contributed by atoms with Crippen molar-refractivity contribution >= 4 is 17.6 Å². The molecule has 180 valence electrons. The SMILES string of the molecule is CCCCCN1C(=O)C2C(NC3N(c4ccc(Oc5ccccc5)cc4)CCCN23)N(C)C1=O. The molecule has 0 radical (unpaired) electrons. The van der Waals surface area contributed by atoms with E-state index in [4.69, 9.17) is 4.74 Å². The Morgan fingerprint density at radius 2 is 1.71 bits per heavy atom. The largest absolute Gasteiger partial charge is 0.457 e. The fraction of sp³-hybridized carbons (Fsp3) is 0.462. The molecule has 34 heavy (non-hydrogen) atoms. The first-order valence-corrected chi connectivity index (χ1v) is 12.3. The summed E-state index contributed by atoms with van der Waals surface area (Å²) < 4.78 is 5.94. The molecule has 0 bridgehead atoms. The molecular formula is C26H33N5O3. The van der Waals surface area contributed by atoms with Crippen LogP contribution in [0.3, 0.4) is 0 Å². The lowest BCUT2D eigenvalue weighted by atomic mass is 10.1. The lowest BCUT2D eigenvalue weighted by Gasteiger charge is -2.44. The Balaban J connectivity index is 1.33. The van der Waals surface area contributed by atoms with Crippen LogP contribution >= 0.6 is 0 Å². The molecule has 3 unspecified atom stereocenters. The van der Waals surface area contributed by atoms with Crippen LogP contribution in [0.15, 0.2) is 54.6 Å². The predicted octanol–water partition coefficient (Wildman–Crippen LogP) is 3.66. The summed E-state index contributed by atoms with van der Waals surface area (Å²) in [6.07, 6.45) is 3.40. The molecule has 1 N–H and O–H groups in total. The molecule has 5 rings (SSSR count). The number of carbonyl (C=O) groups is 2. The van der Waals surface area contributed by atoms with Gasteiger partial charge < -0.3 is 14.5 Å². The van der Waals surface area contributed by atoms with Crippen LogP contribution in [-0.2, 0) is 4.79 Å². The van der Waals surface area contributed by atoms with Crippen molar-refractivity contribution in [1.29, 1.82) is 0 Å². The molecule has 0 spiro atoms. The lowest BCUT2D eigenvalue weighted by molar-refractivity contribution is -0.138. The third-order valence-corrected chi connectivity index (χ3v) is 7.00. The standard InChI is InChI=1S/C26H33N5O3/c1-3-4-8-16-31-24(32)22-23(28(2)26(31)33)27-25-29(17-9-18-30(22)25)19-12-14-21(15-13-19)34-20-10-6-5-7-11-20/h5-7,10-15,22-23,25,27H,3-4,8-9,16-18H2,1-2H3. The zero-order valence-corrected chi connectivity index (χ0v) is 19.9. The highest BCUT2D eigenvalue weighted by molar-refractivity contribution is 6.00. The van der Waals surface area contributed by atoms with Crippen molar-refractivity contribution < 1.29 is 14.3 Å². The first kappa shape index (κ1) is 22.7. The highest BCUT2D eigenvalue weighted by Gasteiger charge is 2.55. The second-order valence-corrected chi connectivity index (χ2v) is 9.21. The van der Waals surface area contributed by atoms with E-state index in [0.29, 0.717) is 6.54 Å². The van der Waals surface area contributed by atoms with E-state index in [1.165, 1.54) is 4.90 Å². The Kier molecular flexibility index (Phi) is 6.43. The van der Waals surface area contributed by atoms with E-state index in [2.05, 4.69) is 34.2 Å². The number of nitrogens with zero attached hydrogens (tertiary/aromatic N) is 4. The van der Waals surface area contributed by atoms with Crippen LogP contribution in [0.2, 0.25) is 0 Å². The molecule has 0 saturated carbocycles. The van der Waals surface area contributed by atoms with E-state index >= 15 is 0 Å². The van der Waals surface area contributed by atoms with E-state index in [-0.39, 0.29) is 30.4 Å². The molecule has 3 fully saturated rings. The van der Waals surface area contributed by atoms with Gasteiger partial charge in [-0.1, -0.05) is 38.0 Å². The number of likely N-dealkylation sites (N-methyl/N-ethyl adjacent to an activating group) is 1. The van der Waals surface area contributed by atoms with Gasteiger partial charge in [-0.05, 0) is 49.2 Å². The average molecular weight is 464 g/mol. The molecule has 2 aromatic rings. The number of fused-ring (bicyclic) bond motifs is 3. The Bertz CT molecular complexity index is 1010. The van der Waals surface area contributed by atoms with Crippen molar-refractivity contribution in [3.63, 3.8) is 0 Å². The van der Waals surface area contributed by atoms with Crippen molar-refractivity contribution in [2.45, 2.75) is 51.1 Å². The number of benzene rings is 2. The molecule has 3 saturated heterocycles. The van der Waals surface area contributed by atoms with Gasteiger partial charge in [-0.2, -0.15) is 0 Å². The summed E-state index contributed by atoms with van der Waals surface area (Å²) in [4.78, 5) is 34.1. The normalized spacial score (nSPS) is 24.9. The third kappa shape index (κ3) is 4.12. The highest BCUT2D eigenvalue weighted by Crippen LogP contribution is 2.34. The Morgan fingerprint density at radius 3 is 2.44 bits per heavy atom. The molecule has 3 atom stereocenters. The van der Waals surface area contributed by atoms with Gasteiger partial charge in [0.2, 0.25) is 0 Å². The monoisotopic (exact) mass is 463 g/mol. The number of anilines is 1. The minimum Gasteiger partial charge on any atom is -0.457 e. The first-order chi connectivity index (χ1) is 16.6. The van der Waals surface area contributed by atoms with Crippen molar-refractivity contribution in [2.24, 2.45) is 0 Å². The number of nitrogens with one attached hydrogen (secondary N) is 1. The van der Waals surface area contributed by atoms with Crippen molar-refractivity contribution in [2.75, 3.05) is 31.6 Å². The topological polar surface area (TPSA) is 68.4 Å². The van der Waals surface area contributed by atoms with Crippen LogP contribution in [0.1, 0.15) is 32.6 Å². The number of unbranched alkanes of at least 4 members (excludes halogenated alkanes) is 2. The fourth-order valence-electron chi connectivity index (χ4n) is 5.24. The van der Waals surface area contributed by atoms with Gasteiger partial charge in [-0.3, -0.25) is 19.9 Å². The van der Waals surface area contributed by atoms with Gasteiger partial charge in [0.25, 0.3) is 5.91 Å². The fourth-order valence-corrected chi connectivity index (χ4v) is 5.24. The minimum absolute atomic E-state index is 0.0762. The highest BCUT2D eigenvalue weighted by atomic mass is 16.5. The molecule has 3 heterocycles. The smallest absolute Gasteiger partial charge is 0.327 e. The summed E-state index contributed by atoms with van der Waals surface area (Å²) in [5.41, 5.74) is 1.06. The van der Waals surface area contributed by atoms with Crippen molar-refractivity contribution in [1.82, 2.24) is 20.0 Å². The van der Waals surface area contributed by atoms with E-state index < -0.39 is 0 Å². The van der Waals surface area contributed by atoms with Gasteiger partial charge in [0.1, 0.15) is 30.0 Å². The molecule has 0 aliphatic carbocycles. The van der Waals surface area contributed by atoms with Crippen LogP contribution in [0.25, 0.3) is 0 Å². The second kappa shape index (κ2) is 9.64. The molecule has 8 nitrogen and oxygen atoms in total. The van der Waals surface area contributed by atoms with Crippen LogP contribution < -0.4 is 15.0 Å². The van der Waals surface area contributed by atoms with Crippen molar-refractivity contribution in [3.8, 4) is 11.5 Å². The molecule has 3 aliphatic heterocycles. The summed E-state index contributed by atoms with van der Waals surface area (Å²) >= 11 is 0. The minimum atomic E-state index is -0.363. The third-order valence-electron chi connectivity index (χ3n) is 7.00. The maximum absolute atomic E-state index is 13.4. The number of rotatable bonds is 7. The summed E-state index contributed by atoms with van der Waals surface area (Å²) in [5, 5.41) is 3.57. The zero-order valence-electron chi connectivity index (χ0n) is 19.9. The van der Waals surface area contributed by atoms with Gasteiger partial charge in [0, 0.05) is 32.4 Å². The number of ether oxygens (including phenoxy) is 1. The number of imide groups is 1. The lowest BCUT2D eigenvalue weighted by Crippen LogP contribution is -2.66. The molecule has 3 aliphatic rings. The van der Waals surface area contributed by atoms with Gasteiger partial charge in [0.05, 0.1) is 0 Å². The van der Waals surface area contributed by atoms with Gasteiger partial charge >= 0.3 is 6.03 Å². The van der Waals surface area contributed by atoms with E-state index in [1.54, 1.807) is 11.9 Å². The summed E-state index contributed by atoms with van der Waals surface area (Å²) in [5.74, 6) is 1.50. The Labute approximate surface area is 201 Å². The molecule has 8 heteroatoms. The maximum atomic E-state index is 13.4. The Morgan fingerprint density at radius 1 is 0.971 bits per heavy atom. The molecule has 0 aromatic heterocycles. The predicted molar refractivity (Wildman–Crippen MR) is 131 cm³/mol. The number of para-hydroxylation sites is 1. The quantitative estimate of drug-likeness (QED) is 0.632. The van der Waals surface area contributed by atoms with Crippen LogP contribution in [-0.4, -0.2) is 71.8 Å². The van der Waals surface area contributed by atoms with Crippen LogP contribution in [0.5, 0.6) is 11.5 Å². The molecular weight excluding hydrogens is 430 g/mol. The van der Waals surface area contributed by atoms with Crippen LogP contribution in [0.4, 0.5) is 10.5 Å². The van der Waals surface area contributed by atoms with Crippen LogP contribution in [0, 0.1) is 0 Å². The molecule has 3 amide bonds. The average Bonchev–Trinajstić information content (AvgIpc) is 3.26. The summed E-state index contributed by atoms with van der Waals surface area (Å²) in [7, 11) is 1.80. The number of hydrogen-bond donors (Lipinski definition) is 1. The number of carbonyl (C=O) groups excluding carboxylic acids is 2. The second-order valence-electron chi connectivity index (χ2n) is 9.21. The molecule has 2 aromatic carbocycles. The van der Waals surface area contributed by atoms with Gasteiger partial charge in [-0.15, -0.1) is 0 Å².